The summed E-state index contributed by atoms with van der Waals surface area (Å²) in [6.07, 6.45) is 4.13. The standard InChI is InChI=1S/C13H16BrN/c14-12-5-2-1-4-11(12)13(6-7-13)10-15-8-3-9-15/h1-2,4-5H,3,6-10H2. The Hall–Kier alpha value is -0.340. The highest BCUT2D eigenvalue weighted by atomic mass is 79.9. The van der Waals surface area contributed by atoms with Crippen molar-refractivity contribution in [2.24, 2.45) is 0 Å². The normalized spacial score (nSPS) is 23.5. The quantitative estimate of drug-likeness (QED) is 0.812. The molecule has 1 aromatic carbocycles. The van der Waals surface area contributed by atoms with Crippen LogP contribution in [0.3, 0.4) is 0 Å². The van der Waals surface area contributed by atoms with Crippen LogP contribution in [0.5, 0.6) is 0 Å². The Morgan fingerprint density at radius 1 is 1.20 bits per heavy atom. The molecule has 0 bridgehead atoms. The van der Waals surface area contributed by atoms with Crippen LogP contribution in [0.2, 0.25) is 0 Å². The topological polar surface area (TPSA) is 3.24 Å². The van der Waals surface area contributed by atoms with Gasteiger partial charge in [0.15, 0.2) is 0 Å². The molecule has 2 fully saturated rings. The lowest BCUT2D eigenvalue weighted by molar-refractivity contribution is 0.164. The molecule has 0 amide bonds. The molecule has 1 nitrogen and oxygen atoms in total. The van der Waals surface area contributed by atoms with Crippen molar-refractivity contribution >= 4 is 15.9 Å². The second-order valence-electron chi connectivity index (χ2n) is 4.89. The average molecular weight is 266 g/mol. The average Bonchev–Trinajstić information content (AvgIpc) is 2.94. The molecule has 0 spiro atoms. The van der Waals surface area contributed by atoms with E-state index in [1.165, 1.54) is 48.9 Å². The Morgan fingerprint density at radius 3 is 2.47 bits per heavy atom. The molecule has 15 heavy (non-hydrogen) atoms. The summed E-state index contributed by atoms with van der Waals surface area (Å²) in [5.74, 6) is 0. The summed E-state index contributed by atoms with van der Waals surface area (Å²) >= 11 is 3.68. The molecule has 0 aromatic heterocycles. The van der Waals surface area contributed by atoms with Crippen molar-refractivity contribution in [3.8, 4) is 0 Å². The summed E-state index contributed by atoms with van der Waals surface area (Å²) in [6.45, 7) is 3.90. The van der Waals surface area contributed by atoms with Crippen LogP contribution in [-0.2, 0) is 5.41 Å². The van der Waals surface area contributed by atoms with Crippen LogP contribution in [0.4, 0.5) is 0 Å². The van der Waals surface area contributed by atoms with Gasteiger partial charge in [0.05, 0.1) is 0 Å². The van der Waals surface area contributed by atoms with E-state index in [0.717, 1.165) is 0 Å². The molecule has 3 rings (SSSR count). The van der Waals surface area contributed by atoms with Gasteiger partial charge in [-0.1, -0.05) is 34.1 Å². The maximum absolute atomic E-state index is 3.68. The molecular formula is C13H16BrN. The highest BCUT2D eigenvalue weighted by molar-refractivity contribution is 9.10. The summed E-state index contributed by atoms with van der Waals surface area (Å²) in [7, 11) is 0. The summed E-state index contributed by atoms with van der Waals surface area (Å²) in [5.41, 5.74) is 2.01. The first-order chi connectivity index (χ1) is 7.30. The first-order valence-corrected chi connectivity index (χ1v) is 6.57. The molecule has 1 aliphatic heterocycles. The van der Waals surface area contributed by atoms with Gasteiger partial charge in [0.1, 0.15) is 0 Å². The molecule has 1 aromatic rings. The zero-order valence-electron chi connectivity index (χ0n) is 8.88. The molecule has 0 radical (unpaired) electrons. The Balaban J connectivity index is 1.83. The summed E-state index contributed by atoms with van der Waals surface area (Å²) < 4.78 is 1.29. The molecule has 0 unspecified atom stereocenters. The van der Waals surface area contributed by atoms with E-state index in [1.54, 1.807) is 0 Å². The zero-order chi connectivity index (χ0) is 10.3. The van der Waals surface area contributed by atoms with Crippen LogP contribution in [0.15, 0.2) is 28.7 Å². The minimum absolute atomic E-state index is 0.487. The van der Waals surface area contributed by atoms with E-state index < -0.39 is 0 Å². The lowest BCUT2D eigenvalue weighted by Gasteiger charge is -2.34. The number of hydrogen-bond acceptors (Lipinski definition) is 1. The third kappa shape index (κ3) is 1.74. The van der Waals surface area contributed by atoms with Gasteiger partial charge >= 0.3 is 0 Å². The van der Waals surface area contributed by atoms with Gasteiger partial charge in [0.25, 0.3) is 0 Å². The van der Waals surface area contributed by atoms with Gasteiger partial charge in [-0.3, -0.25) is 0 Å². The fraction of sp³-hybridized carbons (Fsp3) is 0.538. The number of likely N-dealkylation sites (tertiary alicyclic amines) is 1. The Labute approximate surface area is 99.6 Å². The van der Waals surface area contributed by atoms with Gasteiger partial charge in [-0.15, -0.1) is 0 Å². The van der Waals surface area contributed by atoms with Crippen molar-refractivity contribution in [1.82, 2.24) is 4.90 Å². The van der Waals surface area contributed by atoms with E-state index in [2.05, 4.69) is 45.1 Å². The van der Waals surface area contributed by atoms with E-state index in [-0.39, 0.29) is 0 Å². The van der Waals surface area contributed by atoms with Crippen molar-refractivity contribution in [2.45, 2.75) is 24.7 Å². The SMILES string of the molecule is Brc1ccccc1C1(CN2CCC2)CC1. The second kappa shape index (κ2) is 3.60. The van der Waals surface area contributed by atoms with Crippen LogP contribution in [0.25, 0.3) is 0 Å². The fourth-order valence-electron chi connectivity index (χ4n) is 2.52. The first kappa shape index (κ1) is 9.86. The second-order valence-corrected chi connectivity index (χ2v) is 5.74. The van der Waals surface area contributed by atoms with E-state index in [4.69, 9.17) is 0 Å². The number of hydrogen-bond donors (Lipinski definition) is 0. The molecule has 80 valence electrons. The van der Waals surface area contributed by atoms with E-state index >= 15 is 0 Å². The molecule has 0 N–H and O–H groups in total. The highest BCUT2D eigenvalue weighted by Gasteiger charge is 2.46. The molecule has 1 saturated carbocycles. The summed E-state index contributed by atoms with van der Waals surface area (Å²) in [4.78, 5) is 2.59. The monoisotopic (exact) mass is 265 g/mol. The van der Waals surface area contributed by atoms with E-state index in [0.29, 0.717) is 5.41 Å². The van der Waals surface area contributed by atoms with Crippen LogP contribution < -0.4 is 0 Å². The van der Waals surface area contributed by atoms with Crippen LogP contribution in [0.1, 0.15) is 24.8 Å². The van der Waals surface area contributed by atoms with Crippen molar-refractivity contribution in [1.29, 1.82) is 0 Å². The van der Waals surface area contributed by atoms with Crippen LogP contribution in [-0.4, -0.2) is 24.5 Å². The van der Waals surface area contributed by atoms with Gasteiger partial charge in [0, 0.05) is 16.4 Å². The lowest BCUT2D eigenvalue weighted by atomic mass is 9.94. The largest absolute Gasteiger partial charge is 0.302 e. The van der Waals surface area contributed by atoms with E-state index in [1.807, 2.05) is 0 Å². The van der Waals surface area contributed by atoms with Gasteiger partial charge in [-0.2, -0.15) is 0 Å². The minimum atomic E-state index is 0.487. The first-order valence-electron chi connectivity index (χ1n) is 5.78. The maximum Gasteiger partial charge on any atom is 0.0213 e. The summed E-state index contributed by atoms with van der Waals surface area (Å²) in [6, 6.07) is 8.73. The predicted molar refractivity (Wildman–Crippen MR) is 66.1 cm³/mol. The Morgan fingerprint density at radius 2 is 1.93 bits per heavy atom. The third-order valence-electron chi connectivity index (χ3n) is 3.77. The minimum Gasteiger partial charge on any atom is -0.302 e. The van der Waals surface area contributed by atoms with Gasteiger partial charge in [-0.05, 0) is 44.0 Å². The van der Waals surface area contributed by atoms with Gasteiger partial charge in [-0.25, -0.2) is 0 Å². The molecule has 0 atom stereocenters. The highest BCUT2D eigenvalue weighted by Crippen LogP contribution is 2.51. The van der Waals surface area contributed by atoms with Crippen molar-refractivity contribution in [2.75, 3.05) is 19.6 Å². The third-order valence-corrected chi connectivity index (χ3v) is 4.47. The number of halogens is 1. The molecule has 2 aliphatic rings. The van der Waals surface area contributed by atoms with Crippen molar-refractivity contribution in [3.05, 3.63) is 34.3 Å². The Bertz CT molecular complexity index is 367. The molecule has 1 heterocycles. The molecular weight excluding hydrogens is 250 g/mol. The van der Waals surface area contributed by atoms with Gasteiger partial charge < -0.3 is 4.90 Å². The van der Waals surface area contributed by atoms with Crippen LogP contribution >= 0.6 is 15.9 Å². The molecule has 2 heteroatoms. The summed E-state index contributed by atoms with van der Waals surface area (Å²) in [5, 5.41) is 0. The predicted octanol–water partition coefficient (Wildman–Crippen LogP) is 3.19. The Kier molecular flexibility index (Phi) is 2.37. The van der Waals surface area contributed by atoms with E-state index in [9.17, 15) is 0 Å². The lowest BCUT2D eigenvalue weighted by Crippen LogP contribution is -2.42. The zero-order valence-corrected chi connectivity index (χ0v) is 10.5. The van der Waals surface area contributed by atoms with Gasteiger partial charge in [0.2, 0.25) is 0 Å². The van der Waals surface area contributed by atoms with Crippen molar-refractivity contribution < 1.29 is 0 Å². The van der Waals surface area contributed by atoms with Crippen molar-refractivity contribution in [3.63, 3.8) is 0 Å². The number of rotatable bonds is 3. The number of benzene rings is 1. The molecule has 1 saturated heterocycles. The molecule has 1 aliphatic carbocycles. The number of nitrogens with zero attached hydrogens (tertiary/aromatic N) is 1. The fourth-order valence-corrected chi connectivity index (χ4v) is 3.23. The maximum atomic E-state index is 3.68. The van der Waals surface area contributed by atoms with Crippen LogP contribution in [0, 0.1) is 0 Å². The smallest absolute Gasteiger partial charge is 0.0213 e.